The summed E-state index contributed by atoms with van der Waals surface area (Å²) >= 11 is 0.582. The molecule has 0 aliphatic carbocycles. The van der Waals surface area contributed by atoms with Crippen LogP contribution >= 0.6 is 11.3 Å². The molecule has 1 aromatic carbocycles. The largest absolute Gasteiger partial charge is 0.252 e. The number of nitrogens with zero attached hydrogens (tertiary/aromatic N) is 1. The molecule has 0 fully saturated rings. The van der Waals surface area contributed by atoms with Gasteiger partial charge in [0.15, 0.2) is 5.13 Å². The van der Waals surface area contributed by atoms with Crippen LogP contribution < -0.4 is 0 Å². The molecule has 0 N–H and O–H groups in total. The van der Waals surface area contributed by atoms with E-state index in [0.717, 1.165) is 10.4 Å². The second-order valence-corrected chi connectivity index (χ2v) is 7.57. The highest BCUT2D eigenvalue weighted by Gasteiger charge is 2.27. The number of thiophene rings is 1. The van der Waals surface area contributed by atoms with Crippen LogP contribution in [0.1, 0.15) is 18.5 Å². The Morgan fingerprint density at radius 1 is 1.10 bits per heavy atom. The molecule has 1 atom stereocenters. The lowest BCUT2D eigenvalue weighted by Crippen LogP contribution is -2.29. The zero-order valence-electron chi connectivity index (χ0n) is 10.9. The van der Waals surface area contributed by atoms with E-state index >= 15 is 0 Å². The van der Waals surface area contributed by atoms with Crippen molar-refractivity contribution < 1.29 is 17.2 Å². The third kappa shape index (κ3) is 2.89. The van der Waals surface area contributed by atoms with Crippen LogP contribution in [-0.2, 0) is 10.0 Å². The monoisotopic (exact) mass is 317 g/mol. The van der Waals surface area contributed by atoms with Gasteiger partial charge in [-0.3, -0.25) is 0 Å². The third-order valence-corrected chi connectivity index (χ3v) is 6.35. The van der Waals surface area contributed by atoms with Crippen molar-refractivity contribution in [1.29, 1.82) is 0 Å². The SMILES string of the molecule is C[C@@H](c1ccc(F)cc1)N(C)S(=O)(=O)c1ccc(F)s1. The average molecular weight is 317 g/mol. The fourth-order valence-electron chi connectivity index (χ4n) is 1.74. The fraction of sp³-hybridized carbons (Fsp3) is 0.231. The standard InChI is InChI=1S/C13H13F2NO2S2/c1-9(10-3-5-11(14)6-4-10)16(2)20(17,18)13-8-7-12(15)19-13/h3-9H,1-2H3/t9-/m0/s1. The van der Waals surface area contributed by atoms with Crippen molar-refractivity contribution in [1.82, 2.24) is 4.31 Å². The molecular weight excluding hydrogens is 304 g/mol. The number of benzene rings is 1. The van der Waals surface area contributed by atoms with Crippen molar-refractivity contribution in [3.8, 4) is 0 Å². The Kier molecular flexibility index (Phi) is 4.22. The molecular formula is C13H13F2NO2S2. The zero-order chi connectivity index (χ0) is 14.9. The molecule has 0 bridgehead atoms. The molecule has 7 heteroatoms. The maximum Gasteiger partial charge on any atom is 0.252 e. The summed E-state index contributed by atoms with van der Waals surface area (Å²) in [5.74, 6) is -0.383. The van der Waals surface area contributed by atoms with Crippen LogP contribution in [-0.4, -0.2) is 19.8 Å². The first-order chi connectivity index (χ1) is 9.32. The molecule has 2 aromatic rings. The van der Waals surface area contributed by atoms with E-state index in [1.54, 1.807) is 6.92 Å². The highest BCUT2D eigenvalue weighted by molar-refractivity contribution is 7.91. The van der Waals surface area contributed by atoms with Gasteiger partial charge in [0.1, 0.15) is 10.0 Å². The normalized spacial score (nSPS) is 13.7. The van der Waals surface area contributed by atoms with Gasteiger partial charge >= 0.3 is 0 Å². The minimum atomic E-state index is -3.76. The summed E-state index contributed by atoms with van der Waals surface area (Å²) in [6.07, 6.45) is 0. The second kappa shape index (κ2) is 5.59. The molecule has 0 saturated heterocycles. The topological polar surface area (TPSA) is 37.4 Å². The number of sulfonamides is 1. The van der Waals surface area contributed by atoms with Gasteiger partial charge in [-0.1, -0.05) is 23.5 Å². The second-order valence-electron chi connectivity index (χ2n) is 4.31. The van der Waals surface area contributed by atoms with Crippen molar-refractivity contribution in [3.05, 3.63) is 52.9 Å². The molecule has 1 heterocycles. The van der Waals surface area contributed by atoms with Crippen molar-refractivity contribution in [2.24, 2.45) is 0 Å². The van der Waals surface area contributed by atoms with Crippen LogP contribution in [0.2, 0.25) is 0 Å². The maximum atomic E-state index is 13.0. The van der Waals surface area contributed by atoms with Crippen molar-refractivity contribution in [3.63, 3.8) is 0 Å². The highest BCUT2D eigenvalue weighted by atomic mass is 32.2. The van der Waals surface area contributed by atoms with E-state index in [1.165, 1.54) is 37.4 Å². The van der Waals surface area contributed by atoms with E-state index < -0.39 is 21.2 Å². The van der Waals surface area contributed by atoms with Gasteiger partial charge in [-0.05, 0) is 36.8 Å². The Morgan fingerprint density at radius 2 is 1.70 bits per heavy atom. The number of rotatable bonds is 4. The van der Waals surface area contributed by atoms with Gasteiger partial charge in [-0.15, -0.1) is 0 Å². The maximum absolute atomic E-state index is 13.0. The van der Waals surface area contributed by atoms with Crippen LogP contribution in [0.25, 0.3) is 0 Å². The molecule has 2 rings (SSSR count). The predicted molar refractivity (Wildman–Crippen MR) is 74.0 cm³/mol. The molecule has 0 saturated carbocycles. The molecule has 0 aliphatic rings. The Hall–Kier alpha value is -1.31. The van der Waals surface area contributed by atoms with Crippen molar-refractivity contribution in [2.45, 2.75) is 17.2 Å². The summed E-state index contributed by atoms with van der Waals surface area (Å²) in [4.78, 5) is 0. The van der Waals surface area contributed by atoms with Gasteiger partial charge in [-0.2, -0.15) is 8.70 Å². The van der Waals surface area contributed by atoms with Gasteiger partial charge in [0.05, 0.1) is 0 Å². The first-order valence-corrected chi connectivity index (χ1v) is 8.07. The third-order valence-electron chi connectivity index (χ3n) is 3.08. The van der Waals surface area contributed by atoms with Crippen LogP contribution in [0.4, 0.5) is 8.78 Å². The lowest BCUT2D eigenvalue weighted by molar-refractivity contribution is 0.399. The Labute approximate surface area is 120 Å². The molecule has 0 unspecified atom stereocenters. The molecule has 0 aliphatic heterocycles. The van der Waals surface area contributed by atoms with E-state index in [9.17, 15) is 17.2 Å². The van der Waals surface area contributed by atoms with E-state index in [2.05, 4.69) is 0 Å². The molecule has 108 valence electrons. The number of hydrogen-bond acceptors (Lipinski definition) is 3. The predicted octanol–water partition coefficient (Wildman–Crippen LogP) is 3.41. The van der Waals surface area contributed by atoms with Crippen LogP contribution in [0, 0.1) is 10.9 Å². The van der Waals surface area contributed by atoms with Gasteiger partial charge < -0.3 is 0 Å². The fourth-order valence-corrected chi connectivity index (χ4v) is 4.28. The number of halogens is 2. The first kappa shape index (κ1) is 15.1. The molecule has 0 radical (unpaired) electrons. The van der Waals surface area contributed by atoms with E-state index in [-0.39, 0.29) is 10.0 Å². The van der Waals surface area contributed by atoms with Crippen molar-refractivity contribution in [2.75, 3.05) is 7.05 Å². The van der Waals surface area contributed by atoms with Crippen molar-refractivity contribution >= 4 is 21.4 Å². The molecule has 1 aromatic heterocycles. The molecule has 0 amide bonds. The first-order valence-electron chi connectivity index (χ1n) is 5.81. The van der Waals surface area contributed by atoms with E-state index in [1.807, 2.05) is 0 Å². The lowest BCUT2D eigenvalue weighted by atomic mass is 10.1. The van der Waals surface area contributed by atoms with E-state index in [0.29, 0.717) is 16.9 Å². The Morgan fingerprint density at radius 3 is 2.20 bits per heavy atom. The molecule has 20 heavy (non-hydrogen) atoms. The number of hydrogen-bond donors (Lipinski definition) is 0. The van der Waals surface area contributed by atoms with Gasteiger partial charge in [-0.25, -0.2) is 12.8 Å². The summed E-state index contributed by atoms with van der Waals surface area (Å²) in [5.41, 5.74) is 0.662. The minimum Gasteiger partial charge on any atom is -0.207 e. The Bertz CT molecular complexity index is 695. The zero-order valence-corrected chi connectivity index (χ0v) is 12.5. The van der Waals surface area contributed by atoms with Gasteiger partial charge in [0.25, 0.3) is 10.0 Å². The van der Waals surface area contributed by atoms with Crippen LogP contribution in [0.3, 0.4) is 0 Å². The average Bonchev–Trinajstić information content (AvgIpc) is 2.85. The summed E-state index contributed by atoms with van der Waals surface area (Å²) in [5, 5.41) is -0.550. The summed E-state index contributed by atoms with van der Waals surface area (Å²) in [6.45, 7) is 1.69. The lowest BCUT2D eigenvalue weighted by Gasteiger charge is -2.23. The summed E-state index contributed by atoms with van der Waals surface area (Å²) in [7, 11) is -2.34. The van der Waals surface area contributed by atoms with Crippen LogP contribution in [0.15, 0.2) is 40.6 Å². The highest BCUT2D eigenvalue weighted by Crippen LogP contribution is 2.29. The molecule has 3 nitrogen and oxygen atoms in total. The Balaban J connectivity index is 2.30. The smallest absolute Gasteiger partial charge is 0.207 e. The van der Waals surface area contributed by atoms with Crippen LogP contribution in [0.5, 0.6) is 0 Å². The minimum absolute atomic E-state index is 0.0496. The quantitative estimate of drug-likeness (QED) is 0.866. The van der Waals surface area contributed by atoms with E-state index in [4.69, 9.17) is 0 Å². The summed E-state index contributed by atoms with van der Waals surface area (Å²) < 4.78 is 51.6. The molecule has 0 spiro atoms. The summed E-state index contributed by atoms with van der Waals surface area (Å²) in [6, 6.07) is 7.48. The van der Waals surface area contributed by atoms with Gasteiger partial charge in [0, 0.05) is 13.1 Å². The van der Waals surface area contributed by atoms with Gasteiger partial charge in [0.2, 0.25) is 0 Å².